The van der Waals surface area contributed by atoms with E-state index in [1.165, 1.54) is 0 Å². The lowest BCUT2D eigenvalue weighted by molar-refractivity contribution is -0.120. The van der Waals surface area contributed by atoms with Crippen molar-refractivity contribution in [1.29, 1.82) is 0 Å². The molecule has 3 amide bonds. The third-order valence-electron chi connectivity index (χ3n) is 5.47. The van der Waals surface area contributed by atoms with Gasteiger partial charge in [0.15, 0.2) is 0 Å². The highest BCUT2D eigenvalue weighted by Crippen LogP contribution is 2.34. The number of halogens is 2. The lowest BCUT2D eigenvalue weighted by atomic mass is 10.1. The highest BCUT2D eigenvalue weighted by atomic mass is 35.5. The number of rotatable bonds is 7. The average Bonchev–Trinajstić information content (AvgIpc) is 3.05. The molecule has 3 aromatic rings. The Balaban J connectivity index is 1.41. The fraction of sp³-hybridized carbons (Fsp3) is 0.115. The predicted octanol–water partition coefficient (Wildman–Crippen LogP) is 5.06. The molecule has 1 aliphatic heterocycles. The van der Waals surface area contributed by atoms with Gasteiger partial charge in [-0.05, 0) is 60.9 Å². The number of nitrogens with one attached hydrogen (secondary N) is 2. The van der Waals surface area contributed by atoms with E-state index >= 15 is 0 Å². The molecular weight excluding hydrogens is 473 g/mol. The van der Waals surface area contributed by atoms with Crippen molar-refractivity contribution in [3.05, 3.63) is 105 Å². The van der Waals surface area contributed by atoms with E-state index in [1.807, 2.05) is 30.3 Å². The molecule has 0 aliphatic carbocycles. The first-order valence-electron chi connectivity index (χ1n) is 10.6. The van der Waals surface area contributed by atoms with E-state index in [1.54, 1.807) is 49.4 Å². The molecule has 0 saturated carbocycles. The summed E-state index contributed by atoms with van der Waals surface area (Å²) < 4.78 is 0. The van der Waals surface area contributed by atoms with Crippen LogP contribution in [0.1, 0.15) is 21.5 Å². The summed E-state index contributed by atoms with van der Waals surface area (Å²) in [5.74, 6) is -1.41. The van der Waals surface area contributed by atoms with Crippen molar-refractivity contribution < 1.29 is 14.4 Å². The van der Waals surface area contributed by atoms with Crippen molar-refractivity contribution in [2.45, 2.75) is 13.3 Å². The lowest BCUT2D eigenvalue weighted by Gasteiger charge is -2.18. The quantitative estimate of drug-likeness (QED) is 0.451. The zero-order valence-corrected chi connectivity index (χ0v) is 19.8. The van der Waals surface area contributed by atoms with E-state index in [0.717, 1.165) is 16.9 Å². The molecule has 0 saturated heterocycles. The van der Waals surface area contributed by atoms with Gasteiger partial charge in [-0.2, -0.15) is 0 Å². The molecule has 8 heteroatoms. The van der Waals surface area contributed by atoms with E-state index in [-0.39, 0.29) is 16.6 Å². The van der Waals surface area contributed by atoms with Crippen LogP contribution in [-0.4, -0.2) is 24.3 Å². The van der Waals surface area contributed by atoms with E-state index in [4.69, 9.17) is 23.2 Å². The van der Waals surface area contributed by atoms with Gasteiger partial charge in [-0.3, -0.25) is 14.4 Å². The van der Waals surface area contributed by atoms with Crippen LogP contribution in [0.25, 0.3) is 0 Å². The van der Waals surface area contributed by atoms with Crippen LogP contribution in [0, 0.1) is 6.92 Å². The maximum absolute atomic E-state index is 13.0. The van der Waals surface area contributed by atoms with Crippen LogP contribution in [0.2, 0.25) is 5.02 Å². The van der Waals surface area contributed by atoms with Crippen LogP contribution in [-0.2, 0) is 16.0 Å². The molecule has 1 heterocycles. The SMILES string of the molecule is Cc1c(Cl)cccc1N1C(=O)C(Cl)=C(Nc2ccc(C(=O)NCCc3ccccc3)cc2)C1=O. The zero-order chi connectivity index (χ0) is 24.2. The van der Waals surface area contributed by atoms with Crippen LogP contribution in [0.3, 0.4) is 0 Å². The maximum Gasteiger partial charge on any atom is 0.283 e. The molecule has 2 N–H and O–H groups in total. The van der Waals surface area contributed by atoms with Crippen LogP contribution >= 0.6 is 23.2 Å². The minimum Gasteiger partial charge on any atom is -0.352 e. The van der Waals surface area contributed by atoms with Gasteiger partial charge in [-0.1, -0.05) is 59.6 Å². The summed E-state index contributed by atoms with van der Waals surface area (Å²) in [6, 6.07) is 21.4. The second-order valence-corrected chi connectivity index (χ2v) is 8.50. The molecule has 1 aliphatic rings. The molecule has 0 aromatic heterocycles. The summed E-state index contributed by atoms with van der Waals surface area (Å²) >= 11 is 12.4. The Bertz CT molecular complexity index is 1290. The molecule has 6 nitrogen and oxygen atoms in total. The number of hydrogen-bond donors (Lipinski definition) is 2. The largest absolute Gasteiger partial charge is 0.352 e. The molecule has 0 unspecified atom stereocenters. The van der Waals surface area contributed by atoms with Gasteiger partial charge >= 0.3 is 0 Å². The van der Waals surface area contributed by atoms with Crippen molar-refractivity contribution in [2.75, 3.05) is 16.8 Å². The fourth-order valence-corrected chi connectivity index (χ4v) is 3.97. The van der Waals surface area contributed by atoms with Crippen molar-refractivity contribution in [3.63, 3.8) is 0 Å². The number of amides is 3. The molecule has 4 rings (SSSR count). The summed E-state index contributed by atoms with van der Waals surface area (Å²) in [6.45, 7) is 2.24. The molecular formula is C26H21Cl2N3O3. The van der Waals surface area contributed by atoms with Gasteiger partial charge in [0, 0.05) is 22.8 Å². The van der Waals surface area contributed by atoms with Gasteiger partial charge in [0.1, 0.15) is 10.7 Å². The fourth-order valence-electron chi connectivity index (χ4n) is 3.58. The Hall–Kier alpha value is -3.61. The minimum absolute atomic E-state index is 0.0360. The second-order valence-electron chi connectivity index (χ2n) is 7.71. The van der Waals surface area contributed by atoms with E-state index in [2.05, 4.69) is 10.6 Å². The maximum atomic E-state index is 13.0. The highest BCUT2D eigenvalue weighted by Gasteiger charge is 2.39. The van der Waals surface area contributed by atoms with Gasteiger partial charge in [0.05, 0.1) is 5.69 Å². The summed E-state index contributed by atoms with van der Waals surface area (Å²) in [5.41, 5.74) is 3.07. The summed E-state index contributed by atoms with van der Waals surface area (Å²) in [5, 5.41) is 6.02. The Kier molecular flexibility index (Phi) is 7.01. The molecule has 0 radical (unpaired) electrons. The lowest BCUT2D eigenvalue weighted by Crippen LogP contribution is -2.32. The number of anilines is 2. The Labute approximate surface area is 207 Å². The van der Waals surface area contributed by atoms with Gasteiger partial charge in [0.25, 0.3) is 17.7 Å². The van der Waals surface area contributed by atoms with Crippen LogP contribution < -0.4 is 15.5 Å². The zero-order valence-electron chi connectivity index (χ0n) is 18.3. The third-order valence-corrected chi connectivity index (χ3v) is 6.23. The van der Waals surface area contributed by atoms with Crippen LogP contribution in [0.4, 0.5) is 11.4 Å². The monoisotopic (exact) mass is 493 g/mol. The summed E-state index contributed by atoms with van der Waals surface area (Å²) in [7, 11) is 0. The van der Waals surface area contributed by atoms with Gasteiger partial charge < -0.3 is 10.6 Å². The van der Waals surface area contributed by atoms with Gasteiger partial charge in [-0.15, -0.1) is 0 Å². The molecule has 0 atom stereocenters. The molecule has 3 aromatic carbocycles. The third kappa shape index (κ3) is 4.83. The first-order valence-corrected chi connectivity index (χ1v) is 11.4. The molecule has 0 spiro atoms. The highest BCUT2D eigenvalue weighted by molar-refractivity contribution is 6.53. The first-order chi connectivity index (χ1) is 16.4. The van der Waals surface area contributed by atoms with E-state index < -0.39 is 11.8 Å². The number of carbonyl (C=O) groups excluding carboxylic acids is 3. The summed E-state index contributed by atoms with van der Waals surface area (Å²) in [4.78, 5) is 39.1. The van der Waals surface area contributed by atoms with Crippen molar-refractivity contribution in [1.82, 2.24) is 5.32 Å². The molecule has 34 heavy (non-hydrogen) atoms. The Morgan fingerprint density at radius 2 is 1.59 bits per heavy atom. The normalized spacial score (nSPS) is 13.4. The van der Waals surface area contributed by atoms with Crippen molar-refractivity contribution >= 4 is 52.3 Å². The second kappa shape index (κ2) is 10.1. The van der Waals surface area contributed by atoms with Gasteiger partial charge in [-0.25, -0.2) is 4.90 Å². The topological polar surface area (TPSA) is 78.5 Å². The first kappa shape index (κ1) is 23.5. The van der Waals surface area contributed by atoms with Gasteiger partial charge in [0.2, 0.25) is 0 Å². The molecule has 0 bridgehead atoms. The van der Waals surface area contributed by atoms with Crippen LogP contribution in [0.15, 0.2) is 83.5 Å². The standard InChI is InChI=1S/C26H21Cl2N3O3/c1-16-20(27)8-5-9-21(16)31-25(33)22(28)23(26(31)34)30-19-12-10-18(11-13-19)24(32)29-15-14-17-6-3-2-4-7-17/h2-13,30H,14-15H2,1H3,(H,29,32). The Morgan fingerprint density at radius 3 is 2.29 bits per heavy atom. The number of benzene rings is 3. The molecule has 0 fully saturated rings. The van der Waals surface area contributed by atoms with Crippen molar-refractivity contribution in [3.8, 4) is 0 Å². The van der Waals surface area contributed by atoms with Crippen molar-refractivity contribution in [2.24, 2.45) is 0 Å². The average molecular weight is 494 g/mol. The van der Waals surface area contributed by atoms with E-state index in [9.17, 15) is 14.4 Å². The smallest absolute Gasteiger partial charge is 0.283 e. The Morgan fingerprint density at radius 1 is 0.882 bits per heavy atom. The van der Waals surface area contributed by atoms with Crippen LogP contribution in [0.5, 0.6) is 0 Å². The molecule has 172 valence electrons. The number of imide groups is 1. The summed E-state index contributed by atoms with van der Waals surface area (Å²) in [6.07, 6.45) is 0.734. The number of hydrogen-bond acceptors (Lipinski definition) is 4. The number of nitrogens with zero attached hydrogens (tertiary/aromatic N) is 1. The minimum atomic E-state index is -0.631. The van der Waals surface area contributed by atoms with E-state index in [0.29, 0.717) is 34.1 Å². The predicted molar refractivity (Wildman–Crippen MR) is 134 cm³/mol. The number of carbonyl (C=O) groups is 3.